The SMILES string of the molecule is NC1=NCC2(CCOCC2)N1c1cccc(Br)c1. The molecular formula is C13H16BrN3O. The Morgan fingerprint density at radius 1 is 1.33 bits per heavy atom. The normalized spacial score (nSPS) is 22.3. The van der Waals surface area contributed by atoms with Gasteiger partial charge in [-0.25, -0.2) is 0 Å². The molecule has 2 heterocycles. The second-order valence-corrected chi connectivity index (χ2v) is 5.74. The predicted octanol–water partition coefficient (Wildman–Crippen LogP) is 2.13. The van der Waals surface area contributed by atoms with Crippen LogP contribution in [0.1, 0.15) is 12.8 Å². The average Bonchev–Trinajstić information content (AvgIpc) is 2.67. The van der Waals surface area contributed by atoms with E-state index >= 15 is 0 Å². The highest BCUT2D eigenvalue weighted by atomic mass is 79.9. The summed E-state index contributed by atoms with van der Waals surface area (Å²) in [5, 5.41) is 0. The number of halogens is 1. The molecule has 0 unspecified atom stereocenters. The van der Waals surface area contributed by atoms with Crippen LogP contribution < -0.4 is 10.6 Å². The van der Waals surface area contributed by atoms with Crippen LogP contribution in [0.5, 0.6) is 0 Å². The smallest absolute Gasteiger partial charge is 0.196 e. The van der Waals surface area contributed by atoms with Crippen molar-refractivity contribution in [1.82, 2.24) is 0 Å². The van der Waals surface area contributed by atoms with Crippen LogP contribution in [0.2, 0.25) is 0 Å². The van der Waals surface area contributed by atoms with Crippen molar-refractivity contribution >= 4 is 27.6 Å². The Hall–Kier alpha value is -1.07. The third kappa shape index (κ3) is 1.91. The minimum Gasteiger partial charge on any atom is -0.381 e. The van der Waals surface area contributed by atoms with Gasteiger partial charge in [0.2, 0.25) is 0 Å². The van der Waals surface area contributed by atoms with Gasteiger partial charge in [0.05, 0.1) is 12.1 Å². The summed E-state index contributed by atoms with van der Waals surface area (Å²) in [5.74, 6) is 0.620. The predicted molar refractivity (Wildman–Crippen MR) is 75.9 cm³/mol. The van der Waals surface area contributed by atoms with Crippen molar-refractivity contribution in [3.05, 3.63) is 28.7 Å². The number of anilines is 1. The zero-order chi connectivity index (χ0) is 12.6. The van der Waals surface area contributed by atoms with E-state index in [-0.39, 0.29) is 5.54 Å². The summed E-state index contributed by atoms with van der Waals surface area (Å²) >= 11 is 3.51. The third-order valence-corrected chi connectivity index (χ3v) is 4.22. The maximum absolute atomic E-state index is 6.09. The molecule has 5 heteroatoms. The molecule has 0 amide bonds. The van der Waals surface area contributed by atoms with Crippen molar-refractivity contribution in [1.29, 1.82) is 0 Å². The first-order valence-corrected chi connectivity index (χ1v) is 6.94. The zero-order valence-corrected chi connectivity index (χ0v) is 11.7. The van der Waals surface area contributed by atoms with E-state index in [0.29, 0.717) is 5.96 Å². The molecule has 1 aromatic carbocycles. The molecule has 1 spiro atoms. The number of nitrogens with two attached hydrogens (primary N) is 1. The summed E-state index contributed by atoms with van der Waals surface area (Å²) in [7, 11) is 0. The molecule has 4 nitrogen and oxygen atoms in total. The molecule has 1 aromatic rings. The van der Waals surface area contributed by atoms with Crippen molar-refractivity contribution in [2.24, 2.45) is 10.7 Å². The molecule has 1 fully saturated rings. The monoisotopic (exact) mass is 309 g/mol. The summed E-state index contributed by atoms with van der Waals surface area (Å²) in [6, 6.07) is 8.21. The number of rotatable bonds is 1. The maximum atomic E-state index is 6.09. The fourth-order valence-electron chi connectivity index (χ4n) is 2.77. The number of nitrogens with zero attached hydrogens (tertiary/aromatic N) is 2. The van der Waals surface area contributed by atoms with Crippen molar-refractivity contribution in [3.8, 4) is 0 Å². The largest absolute Gasteiger partial charge is 0.381 e. The Morgan fingerprint density at radius 2 is 2.11 bits per heavy atom. The Morgan fingerprint density at radius 3 is 2.83 bits per heavy atom. The van der Waals surface area contributed by atoms with Gasteiger partial charge in [-0.2, -0.15) is 0 Å². The first kappa shape index (κ1) is 12.0. The Kier molecular flexibility index (Phi) is 3.03. The molecule has 0 saturated carbocycles. The number of aliphatic imine (C=N–C) groups is 1. The molecule has 0 radical (unpaired) electrons. The minimum atomic E-state index is 0.0170. The molecule has 0 aliphatic carbocycles. The number of guanidine groups is 1. The van der Waals surface area contributed by atoms with Gasteiger partial charge in [-0.1, -0.05) is 22.0 Å². The minimum absolute atomic E-state index is 0.0170. The molecule has 2 N–H and O–H groups in total. The molecule has 3 rings (SSSR count). The molecule has 0 bridgehead atoms. The van der Waals surface area contributed by atoms with E-state index in [1.807, 2.05) is 12.1 Å². The summed E-state index contributed by atoms with van der Waals surface area (Å²) < 4.78 is 6.53. The maximum Gasteiger partial charge on any atom is 0.196 e. The van der Waals surface area contributed by atoms with Gasteiger partial charge in [-0.3, -0.25) is 4.99 Å². The third-order valence-electron chi connectivity index (χ3n) is 3.73. The van der Waals surface area contributed by atoms with Gasteiger partial charge in [-0.05, 0) is 31.0 Å². The highest BCUT2D eigenvalue weighted by molar-refractivity contribution is 9.10. The summed E-state index contributed by atoms with van der Waals surface area (Å²) in [4.78, 5) is 6.63. The van der Waals surface area contributed by atoms with Crippen LogP contribution in [-0.2, 0) is 4.74 Å². The molecule has 2 aliphatic heterocycles. The average molecular weight is 310 g/mol. The molecule has 2 aliphatic rings. The molecule has 96 valence electrons. The van der Waals surface area contributed by atoms with Crippen LogP contribution in [0, 0.1) is 0 Å². The Bertz CT molecular complexity index is 483. The van der Waals surface area contributed by atoms with Gasteiger partial charge in [0.1, 0.15) is 0 Å². The van der Waals surface area contributed by atoms with Crippen molar-refractivity contribution in [2.75, 3.05) is 24.7 Å². The lowest BCUT2D eigenvalue weighted by molar-refractivity contribution is 0.0594. The van der Waals surface area contributed by atoms with Crippen molar-refractivity contribution < 1.29 is 4.74 Å². The number of hydrogen-bond acceptors (Lipinski definition) is 4. The number of ether oxygens (including phenoxy) is 1. The quantitative estimate of drug-likeness (QED) is 0.864. The molecule has 0 aromatic heterocycles. The molecule has 18 heavy (non-hydrogen) atoms. The van der Waals surface area contributed by atoms with Crippen molar-refractivity contribution in [3.63, 3.8) is 0 Å². The Labute approximate surface area is 115 Å². The van der Waals surface area contributed by atoms with Gasteiger partial charge in [0.25, 0.3) is 0 Å². The second kappa shape index (κ2) is 4.55. The van der Waals surface area contributed by atoms with Crippen LogP contribution in [-0.4, -0.2) is 31.3 Å². The van der Waals surface area contributed by atoms with Crippen LogP contribution in [0.15, 0.2) is 33.7 Å². The van der Waals surface area contributed by atoms with E-state index in [2.05, 4.69) is 38.0 Å². The summed E-state index contributed by atoms with van der Waals surface area (Å²) in [5.41, 5.74) is 7.21. The van der Waals surface area contributed by atoms with E-state index in [0.717, 1.165) is 42.8 Å². The van der Waals surface area contributed by atoms with E-state index in [9.17, 15) is 0 Å². The van der Waals surface area contributed by atoms with Crippen LogP contribution in [0.4, 0.5) is 5.69 Å². The van der Waals surface area contributed by atoms with E-state index in [1.54, 1.807) is 0 Å². The highest BCUT2D eigenvalue weighted by Crippen LogP contribution is 2.36. The Balaban J connectivity index is 1.98. The zero-order valence-electron chi connectivity index (χ0n) is 10.1. The van der Waals surface area contributed by atoms with Crippen LogP contribution >= 0.6 is 15.9 Å². The fraction of sp³-hybridized carbons (Fsp3) is 0.462. The van der Waals surface area contributed by atoms with Crippen LogP contribution in [0.25, 0.3) is 0 Å². The van der Waals surface area contributed by atoms with Crippen LogP contribution in [0.3, 0.4) is 0 Å². The van der Waals surface area contributed by atoms with Crippen molar-refractivity contribution in [2.45, 2.75) is 18.4 Å². The van der Waals surface area contributed by atoms with E-state index in [1.165, 1.54) is 0 Å². The van der Waals surface area contributed by atoms with Gasteiger partial charge >= 0.3 is 0 Å². The first-order chi connectivity index (χ1) is 8.71. The highest BCUT2D eigenvalue weighted by Gasteiger charge is 2.44. The van der Waals surface area contributed by atoms with E-state index in [4.69, 9.17) is 10.5 Å². The van der Waals surface area contributed by atoms with Gasteiger partial charge in [-0.15, -0.1) is 0 Å². The first-order valence-electron chi connectivity index (χ1n) is 6.15. The lowest BCUT2D eigenvalue weighted by Gasteiger charge is -2.41. The number of benzene rings is 1. The standard InChI is InChI=1S/C13H16BrN3O/c14-10-2-1-3-11(8-10)17-12(15)16-9-13(17)4-6-18-7-5-13/h1-3,8H,4-7,9H2,(H2,15,16). The van der Waals surface area contributed by atoms with Gasteiger partial charge in [0.15, 0.2) is 5.96 Å². The topological polar surface area (TPSA) is 50.9 Å². The molecule has 1 saturated heterocycles. The summed E-state index contributed by atoms with van der Waals surface area (Å²) in [6.07, 6.45) is 1.95. The lowest BCUT2D eigenvalue weighted by atomic mass is 9.88. The lowest BCUT2D eigenvalue weighted by Crippen LogP contribution is -2.54. The molecule has 0 atom stereocenters. The van der Waals surface area contributed by atoms with Gasteiger partial charge in [0, 0.05) is 23.4 Å². The summed E-state index contributed by atoms with van der Waals surface area (Å²) in [6.45, 7) is 2.34. The fourth-order valence-corrected chi connectivity index (χ4v) is 3.15. The number of hydrogen-bond donors (Lipinski definition) is 1. The molecular weight excluding hydrogens is 294 g/mol. The van der Waals surface area contributed by atoms with E-state index < -0.39 is 0 Å². The second-order valence-electron chi connectivity index (χ2n) is 4.83. The van der Waals surface area contributed by atoms with Gasteiger partial charge < -0.3 is 15.4 Å².